The van der Waals surface area contributed by atoms with Gasteiger partial charge in [-0.05, 0) is 31.5 Å². The zero-order valence-electron chi connectivity index (χ0n) is 10.8. The summed E-state index contributed by atoms with van der Waals surface area (Å²) in [6, 6.07) is 8.16. The van der Waals surface area contributed by atoms with Crippen LogP contribution in [-0.2, 0) is 13.1 Å². The lowest BCUT2D eigenvalue weighted by molar-refractivity contribution is 0.242. The van der Waals surface area contributed by atoms with Crippen molar-refractivity contribution in [2.24, 2.45) is 0 Å². The lowest BCUT2D eigenvalue weighted by Crippen LogP contribution is -2.13. The molecule has 0 aliphatic heterocycles. The van der Waals surface area contributed by atoms with E-state index in [0.29, 0.717) is 0 Å². The lowest BCUT2D eigenvalue weighted by atomic mass is 10.2. The minimum atomic E-state index is 0.216. The Labute approximate surface area is 107 Å². The first-order valence-corrected chi connectivity index (χ1v) is 6.18. The molecule has 96 valence electrons. The largest absolute Gasteiger partial charge is 0.491 e. The third-order valence-corrected chi connectivity index (χ3v) is 2.47. The zero-order valence-corrected chi connectivity index (χ0v) is 10.8. The van der Waals surface area contributed by atoms with Crippen LogP contribution >= 0.6 is 0 Å². The van der Waals surface area contributed by atoms with Crippen molar-refractivity contribution in [1.82, 2.24) is 15.3 Å². The second kappa shape index (κ2) is 6.21. The van der Waals surface area contributed by atoms with E-state index in [0.717, 1.165) is 24.7 Å². The molecule has 1 heterocycles. The monoisotopic (exact) mass is 245 g/mol. The molecular formula is C14H19N3O. The third-order valence-electron chi connectivity index (χ3n) is 2.47. The van der Waals surface area contributed by atoms with Gasteiger partial charge in [0.1, 0.15) is 11.6 Å². The summed E-state index contributed by atoms with van der Waals surface area (Å²) in [5.74, 6) is 1.87. The Morgan fingerprint density at radius 2 is 2.00 bits per heavy atom. The number of aromatic amines is 1. The smallest absolute Gasteiger partial charge is 0.120 e. The molecule has 0 radical (unpaired) electrons. The van der Waals surface area contributed by atoms with Crippen molar-refractivity contribution in [1.29, 1.82) is 0 Å². The molecule has 18 heavy (non-hydrogen) atoms. The molecular weight excluding hydrogens is 226 g/mol. The van der Waals surface area contributed by atoms with Gasteiger partial charge in [-0.2, -0.15) is 0 Å². The van der Waals surface area contributed by atoms with E-state index >= 15 is 0 Å². The maximum absolute atomic E-state index is 5.60. The van der Waals surface area contributed by atoms with Crippen LogP contribution in [0, 0.1) is 0 Å². The topological polar surface area (TPSA) is 49.9 Å². The standard InChI is InChI=1S/C14H19N3O/c1-11(2)18-13-5-3-12(4-6-13)9-15-10-14-16-7-8-17-14/h3-8,11,15H,9-10H2,1-2H3,(H,16,17). The zero-order chi connectivity index (χ0) is 12.8. The van der Waals surface area contributed by atoms with E-state index in [1.165, 1.54) is 5.56 Å². The van der Waals surface area contributed by atoms with Crippen LogP contribution in [0.25, 0.3) is 0 Å². The highest BCUT2D eigenvalue weighted by atomic mass is 16.5. The summed E-state index contributed by atoms with van der Waals surface area (Å²) in [6.07, 6.45) is 3.80. The Hall–Kier alpha value is -1.81. The molecule has 0 atom stereocenters. The van der Waals surface area contributed by atoms with Gasteiger partial charge >= 0.3 is 0 Å². The number of hydrogen-bond acceptors (Lipinski definition) is 3. The van der Waals surface area contributed by atoms with Crippen molar-refractivity contribution in [3.63, 3.8) is 0 Å². The molecule has 2 N–H and O–H groups in total. The predicted octanol–water partition coefficient (Wildman–Crippen LogP) is 2.49. The van der Waals surface area contributed by atoms with Crippen molar-refractivity contribution in [2.45, 2.75) is 33.0 Å². The second-order valence-electron chi connectivity index (χ2n) is 4.45. The molecule has 0 aliphatic carbocycles. The Balaban J connectivity index is 1.79. The van der Waals surface area contributed by atoms with Gasteiger partial charge in [0, 0.05) is 18.9 Å². The average molecular weight is 245 g/mol. The highest BCUT2D eigenvalue weighted by molar-refractivity contribution is 5.27. The molecule has 2 aromatic rings. The van der Waals surface area contributed by atoms with Crippen LogP contribution in [0.4, 0.5) is 0 Å². The lowest BCUT2D eigenvalue weighted by Gasteiger charge is -2.10. The minimum Gasteiger partial charge on any atom is -0.491 e. The Morgan fingerprint density at radius 3 is 2.61 bits per heavy atom. The maximum atomic E-state index is 5.60. The fourth-order valence-electron chi connectivity index (χ4n) is 1.68. The molecule has 0 aliphatic rings. The summed E-state index contributed by atoms with van der Waals surface area (Å²) >= 11 is 0. The van der Waals surface area contributed by atoms with Crippen molar-refractivity contribution in [3.05, 3.63) is 48.0 Å². The van der Waals surface area contributed by atoms with E-state index in [1.807, 2.05) is 32.2 Å². The Kier molecular flexibility index (Phi) is 4.36. The molecule has 0 fully saturated rings. The number of H-pyrrole nitrogens is 1. The van der Waals surface area contributed by atoms with Crippen LogP contribution in [0.2, 0.25) is 0 Å². The van der Waals surface area contributed by atoms with Crippen molar-refractivity contribution < 1.29 is 4.74 Å². The van der Waals surface area contributed by atoms with Crippen LogP contribution in [0.1, 0.15) is 25.2 Å². The fourth-order valence-corrected chi connectivity index (χ4v) is 1.68. The van der Waals surface area contributed by atoms with Crippen LogP contribution < -0.4 is 10.1 Å². The van der Waals surface area contributed by atoms with Crippen LogP contribution in [0.5, 0.6) is 5.75 Å². The van der Waals surface area contributed by atoms with Crippen LogP contribution in [-0.4, -0.2) is 16.1 Å². The number of imidazole rings is 1. The molecule has 2 rings (SSSR count). The number of nitrogens with one attached hydrogen (secondary N) is 2. The molecule has 0 unspecified atom stereocenters. The van der Waals surface area contributed by atoms with Gasteiger partial charge < -0.3 is 15.0 Å². The number of aromatic nitrogens is 2. The van der Waals surface area contributed by atoms with Crippen molar-refractivity contribution >= 4 is 0 Å². The molecule has 0 bridgehead atoms. The minimum absolute atomic E-state index is 0.216. The van der Waals surface area contributed by atoms with E-state index in [1.54, 1.807) is 6.20 Å². The number of nitrogens with zero attached hydrogens (tertiary/aromatic N) is 1. The summed E-state index contributed by atoms with van der Waals surface area (Å²) in [5, 5.41) is 3.33. The van der Waals surface area contributed by atoms with E-state index < -0.39 is 0 Å². The summed E-state index contributed by atoms with van der Waals surface area (Å²) in [5.41, 5.74) is 1.23. The average Bonchev–Trinajstić information content (AvgIpc) is 2.84. The molecule has 1 aromatic carbocycles. The molecule has 0 amide bonds. The van der Waals surface area contributed by atoms with Gasteiger partial charge in [0.15, 0.2) is 0 Å². The number of benzene rings is 1. The summed E-state index contributed by atoms with van der Waals surface area (Å²) < 4.78 is 5.60. The van der Waals surface area contributed by atoms with E-state index in [2.05, 4.69) is 27.4 Å². The number of ether oxygens (including phenoxy) is 1. The van der Waals surface area contributed by atoms with Gasteiger partial charge in [-0.25, -0.2) is 4.98 Å². The van der Waals surface area contributed by atoms with Crippen molar-refractivity contribution in [3.8, 4) is 5.75 Å². The predicted molar refractivity (Wildman–Crippen MR) is 71.3 cm³/mol. The van der Waals surface area contributed by atoms with Crippen molar-refractivity contribution in [2.75, 3.05) is 0 Å². The normalized spacial score (nSPS) is 10.8. The van der Waals surface area contributed by atoms with Gasteiger partial charge in [0.2, 0.25) is 0 Å². The molecule has 1 aromatic heterocycles. The van der Waals surface area contributed by atoms with Gasteiger partial charge in [0.05, 0.1) is 12.6 Å². The molecule has 0 saturated carbocycles. The van der Waals surface area contributed by atoms with Gasteiger partial charge in [-0.15, -0.1) is 0 Å². The summed E-state index contributed by atoms with van der Waals surface area (Å²) in [7, 11) is 0. The Bertz CT molecular complexity index is 448. The van der Waals surface area contributed by atoms with Gasteiger partial charge in [0.25, 0.3) is 0 Å². The third kappa shape index (κ3) is 3.89. The maximum Gasteiger partial charge on any atom is 0.120 e. The second-order valence-corrected chi connectivity index (χ2v) is 4.45. The van der Waals surface area contributed by atoms with E-state index in [9.17, 15) is 0 Å². The Morgan fingerprint density at radius 1 is 1.22 bits per heavy atom. The van der Waals surface area contributed by atoms with E-state index in [-0.39, 0.29) is 6.10 Å². The highest BCUT2D eigenvalue weighted by Crippen LogP contribution is 2.13. The molecule has 0 spiro atoms. The van der Waals surface area contributed by atoms with Gasteiger partial charge in [-0.1, -0.05) is 12.1 Å². The molecule has 4 heteroatoms. The highest BCUT2D eigenvalue weighted by Gasteiger charge is 1.99. The van der Waals surface area contributed by atoms with Crippen LogP contribution in [0.15, 0.2) is 36.7 Å². The number of rotatable bonds is 6. The summed E-state index contributed by atoms with van der Waals surface area (Å²) in [6.45, 7) is 5.62. The first-order valence-electron chi connectivity index (χ1n) is 6.18. The molecule has 4 nitrogen and oxygen atoms in total. The first-order chi connectivity index (χ1) is 8.74. The molecule has 0 saturated heterocycles. The first kappa shape index (κ1) is 12.6. The summed E-state index contributed by atoms with van der Waals surface area (Å²) in [4.78, 5) is 7.22. The SMILES string of the molecule is CC(C)Oc1ccc(CNCc2ncc[nH]2)cc1. The van der Waals surface area contributed by atoms with E-state index in [4.69, 9.17) is 4.74 Å². The quantitative estimate of drug-likeness (QED) is 0.822. The fraction of sp³-hybridized carbons (Fsp3) is 0.357. The van der Waals surface area contributed by atoms with Gasteiger partial charge in [-0.3, -0.25) is 0 Å². The van der Waals surface area contributed by atoms with Crippen LogP contribution in [0.3, 0.4) is 0 Å². The number of hydrogen-bond donors (Lipinski definition) is 2.